The van der Waals surface area contributed by atoms with Crippen molar-refractivity contribution in [3.05, 3.63) is 0 Å². The predicted molar refractivity (Wildman–Crippen MR) is 49.0 cm³/mol. The topological polar surface area (TPSA) is 3.24 Å². The van der Waals surface area contributed by atoms with Gasteiger partial charge >= 0.3 is 6.18 Å². The Morgan fingerprint density at radius 1 is 1.38 bits per heavy atom. The molecule has 0 bridgehead atoms. The fourth-order valence-electron chi connectivity index (χ4n) is 1.49. The molecule has 0 N–H and O–H groups in total. The molecule has 0 aromatic carbocycles. The van der Waals surface area contributed by atoms with Crippen molar-refractivity contribution in [1.82, 2.24) is 4.90 Å². The van der Waals surface area contributed by atoms with Crippen molar-refractivity contribution < 1.29 is 13.2 Å². The number of alkyl halides is 4. The molecule has 0 aromatic heterocycles. The summed E-state index contributed by atoms with van der Waals surface area (Å²) in [7, 11) is 0. The maximum Gasteiger partial charge on any atom is 0.390 e. The number of hydrogen-bond acceptors (Lipinski definition) is 1. The van der Waals surface area contributed by atoms with Gasteiger partial charge in [-0.25, -0.2) is 0 Å². The summed E-state index contributed by atoms with van der Waals surface area (Å²) in [5.41, 5.74) is 0. The van der Waals surface area contributed by atoms with Crippen LogP contribution in [-0.4, -0.2) is 35.5 Å². The average Bonchev–Trinajstić information content (AvgIpc) is 2.27. The minimum absolute atomic E-state index is 0.135. The lowest BCUT2D eigenvalue weighted by Crippen LogP contribution is -2.26. The van der Waals surface area contributed by atoms with Gasteiger partial charge in [-0.3, -0.25) is 0 Å². The molecular weight excluding hydrogens is 247 g/mol. The summed E-state index contributed by atoms with van der Waals surface area (Å²) in [5, 5.41) is 0. The fraction of sp³-hybridized carbons (Fsp3) is 1.00. The van der Waals surface area contributed by atoms with Crippen LogP contribution in [0.25, 0.3) is 0 Å². The SMILES string of the molecule is CC1CN(CCC(F)(F)F)CC1Br. The van der Waals surface area contributed by atoms with E-state index >= 15 is 0 Å². The van der Waals surface area contributed by atoms with E-state index < -0.39 is 12.6 Å². The maximum absolute atomic E-state index is 11.9. The van der Waals surface area contributed by atoms with E-state index in [-0.39, 0.29) is 6.54 Å². The Bertz CT molecular complexity index is 161. The van der Waals surface area contributed by atoms with E-state index in [1.54, 1.807) is 0 Å². The van der Waals surface area contributed by atoms with E-state index in [1.807, 2.05) is 11.8 Å². The molecule has 0 radical (unpaired) electrons. The van der Waals surface area contributed by atoms with Crippen molar-refractivity contribution in [2.24, 2.45) is 5.92 Å². The van der Waals surface area contributed by atoms with Crippen LogP contribution < -0.4 is 0 Å². The molecule has 1 aliphatic heterocycles. The summed E-state index contributed by atoms with van der Waals surface area (Å²) in [6, 6.07) is 0. The maximum atomic E-state index is 11.9. The molecule has 1 saturated heterocycles. The Labute approximate surface area is 84.4 Å². The van der Waals surface area contributed by atoms with Gasteiger partial charge in [0.25, 0.3) is 0 Å². The Kier molecular flexibility index (Phi) is 3.63. The molecule has 1 nitrogen and oxygen atoms in total. The summed E-state index contributed by atoms with van der Waals surface area (Å²) >= 11 is 3.44. The van der Waals surface area contributed by atoms with Crippen LogP contribution in [0.5, 0.6) is 0 Å². The molecule has 5 heteroatoms. The number of hydrogen-bond donors (Lipinski definition) is 0. The van der Waals surface area contributed by atoms with Gasteiger partial charge in [-0.15, -0.1) is 0 Å². The highest BCUT2D eigenvalue weighted by atomic mass is 79.9. The van der Waals surface area contributed by atoms with E-state index in [2.05, 4.69) is 15.9 Å². The largest absolute Gasteiger partial charge is 0.390 e. The second-order valence-electron chi connectivity index (χ2n) is 3.62. The minimum Gasteiger partial charge on any atom is -0.302 e. The molecule has 0 amide bonds. The molecule has 1 aliphatic rings. The first-order valence-corrected chi connectivity index (χ1v) is 5.23. The van der Waals surface area contributed by atoms with Crippen LogP contribution in [-0.2, 0) is 0 Å². The highest BCUT2D eigenvalue weighted by Gasteiger charge is 2.32. The van der Waals surface area contributed by atoms with Crippen LogP contribution >= 0.6 is 15.9 Å². The number of nitrogens with zero attached hydrogens (tertiary/aromatic N) is 1. The first kappa shape index (κ1) is 11.3. The van der Waals surface area contributed by atoms with E-state index in [4.69, 9.17) is 0 Å². The number of likely N-dealkylation sites (tertiary alicyclic amines) is 1. The van der Waals surface area contributed by atoms with Crippen LogP contribution in [0.4, 0.5) is 13.2 Å². The van der Waals surface area contributed by atoms with Crippen LogP contribution in [0.1, 0.15) is 13.3 Å². The van der Waals surface area contributed by atoms with Crippen molar-refractivity contribution in [2.45, 2.75) is 24.3 Å². The summed E-state index contributed by atoms with van der Waals surface area (Å²) in [4.78, 5) is 2.21. The van der Waals surface area contributed by atoms with Crippen LogP contribution in [0.3, 0.4) is 0 Å². The van der Waals surface area contributed by atoms with Crippen LogP contribution in [0.2, 0.25) is 0 Å². The summed E-state index contributed by atoms with van der Waals surface area (Å²) in [5.74, 6) is 0.452. The van der Waals surface area contributed by atoms with Gasteiger partial charge in [-0.05, 0) is 5.92 Å². The first-order chi connectivity index (χ1) is 5.88. The van der Waals surface area contributed by atoms with Gasteiger partial charge in [-0.1, -0.05) is 22.9 Å². The minimum atomic E-state index is -4.02. The molecule has 78 valence electrons. The van der Waals surface area contributed by atoms with Crippen molar-refractivity contribution in [1.29, 1.82) is 0 Å². The Hall–Kier alpha value is 0.230. The van der Waals surface area contributed by atoms with Gasteiger partial charge in [-0.2, -0.15) is 13.2 Å². The average molecular weight is 260 g/mol. The standard InChI is InChI=1S/C8H13BrF3N/c1-6-4-13(5-7(6)9)3-2-8(10,11)12/h6-7H,2-5H2,1H3. The zero-order valence-corrected chi connectivity index (χ0v) is 9.03. The molecular formula is C8H13BrF3N. The molecule has 2 unspecified atom stereocenters. The van der Waals surface area contributed by atoms with Crippen LogP contribution in [0.15, 0.2) is 0 Å². The Morgan fingerprint density at radius 3 is 2.38 bits per heavy atom. The van der Waals surface area contributed by atoms with Gasteiger partial charge in [0.15, 0.2) is 0 Å². The molecule has 1 heterocycles. The van der Waals surface area contributed by atoms with Gasteiger partial charge < -0.3 is 4.90 Å². The molecule has 0 aromatic rings. The zero-order valence-electron chi connectivity index (χ0n) is 7.44. The van der Waals surface area contributed by atoms with E-state index in [0.717, 1.165) is 13.1 Å². The first-order valence-electron chi connectivity index (χ1n) is 4.31. The number of halogens is 4. The van der Waals surface area contributed by atoms with Crippen molar-refractivity contribution in [3.63, 3.8) is 0 Å². The van der Waals surface area contributed by atoms with E-state index in [1.165, 1.54) is 0 Å². The lowest BCUT2D eigenvalue weighted by molar-refractivity contribution is -0.137. The van der Waals surface area contributed by atoms with Gasteiger partial charge in [0.05, 0.1) is 6.42 Å². The quantitative estimate of drug-likeness (QED) is 0.690. The highest BCUT2D eigenvalue weighted by molar-refractivity contribution is 9.09. The smallest absolute Gasteiger partial charge is 0.302 e. The van der Waals surface area contributed by atoms with Gasteiger partial charge in [0, 0.05) is 24.5 Å². The fourth-order valence-corrected chi connectivity index (χ4v) is 2.07. The summed E-state index contributed by atoms with van der Waals surface area (Å²) in [6.45, 7) is 3.69. The van der Waals surface area contributed by atoms with E-state index in [0.29, 0.717) is 10.7 Å². The highest BCUT2D eigenvalue weighted by Crippen LogP contribution is 2.25. The normalized spacial score (nSPS) is 31.2. The molecule has 0 aliphatic carbocycles. The second-order valence-corrected chi connectivity index (χ2v) is 4.79. The summed E-state index contributed by atoms with van der Waals surface area (Å²) < 4.78 is 35.6. The zero-order chi connectivity index (χ0) is 10.1. The third-order valence-electron chi connectivity index (χ3n) is 2.31. The molecule has 2 atom stereocenters. The Morgan fingerprint density at radius 2 is 2.00 bits per heavy atom. The monoisotopic (exact) mass is 259 g/mol. The van der Waals surface area contributed by atoms with E-state index in [9.17, 15) is 13.2 Å². The van der Waals surface area contributed by atoms with Crippen molar-refractivity contribution >= 4 is 15.9 Å². The molecule has 1 rings (SSSR count). The number of rotatable bonds is 2. The molecule has 0 spiro atoms. The predicted octanol–water partition coefficient (Wildman–Crippen LogP) is 2.65. The lowest BCUT2D eigenvalue weighted by Gasteiger charge is -2.15. The Balaban J connectivity index is 2.25. The van der Waals surface area contributed by atoms with Crippen LogP contribution in [0, 0.1) is 5.92 Å². The third-order valence-corrected chi connectivity index (χ3v) is 3.50. The summed E-state index contributed by atoms with van der Waals surface area (Å²) in [6.07, 6.45) is -4.72. The molecule has 1 fully saturated rings. The third kappa shape index (κ3) is 3.85. The molecule has 0 saturated carbocycles. The van der Waals surface area contributed by atoms with Crippen molar-refractivity contribution in [3.8, 4) is 0 Å². The lowest BCUT2D eigenvalue weighted by atomic mass is 10.2. The van der Waals surface area contributed by atoms with Gasteiger partial charge in [0.2, 0.25) is 0 Å². The molecule has 13 heavy (non-hydrogen) atoms. The van der Waals surface area contributed by atoms with Crippen molar-refractivity contribution in [2.75, 3.05) is 19.6 Å². The van der Waals surface area contributed by atoms with Gasteiger partial charge in [0.1, 0.15) is 0 Å². The second kappa shape index (κ2) is 4.17.